The zero-order valence-electron chi connectivity index (χ0n) is 16.8. The van der Waals surface area contributed by atoms with Crippen LogP contribution in [0.2, 0.25) is 0 Å². The summed E-state index contributed by atoms with van der Waals surface area (Å²) in [7, 11) is 0. The van der Waals surface area contributed by atoms with Gasteiger partial charge in [-0.25, -0.2) is 14.8 Å². The van der Waals surface area contributed by atoms with E-state index in [9.17, 15) is 10.1 Å². The van der Waals surface area contributed by atoms with Crippen molar-refractivity contribution in [3.05, 3.63) is 18.1 Å². The van der Waals surface area contributed by atoms with Gasteiger partial charge >= 0.3 is 6.03 Å². The van der Waals surface area contributed by atoms with Crippen LogP contribution >= 0.6 is 0 Å². The molecule has 3 atom stereocenters. The first-order valence-electron chi connectivity index (χ1n) is 9.84. The minimum atomic E-state index is 0.0305. The van der Waals surface area contributed by atoms with Gasteiger partial charge in [-0.3, -0.25) is 0 Å². The molecule has 27 heavy (non-hydrogen) atoms. The predicted molar refractivity (Wildman–Crippen MR) is 104 cm³/mol. The van der Waals surface area contributed by atoms with Crippen molar-refractivity contribution in [2.45, 2.75) is 59.0 Å². The summed E-state index contributed by atoms with van der Waals surface area (Å²) in [5, 5.41) is 12.6. The van der Waals surface area contributed by atoms with E-state index >= 15 is 0 Å². The van der Waals surface area contributed by atoms with Crippen LogP contribution in [0.1, 0.15) is 52.7 Å². The van der Waals surface area contributed by atoms with Gasteiger partial charge in [0.15, 0.2) is 11.5 Å². The standard InChI is InChI=1S/C20H30N6O/c1-14-13-25(18-17(12-21)22-8-9-23-18)10-11-26(14)19(27)24-16-7-5-6-15(16)20(2,3)4/h8-9,14-16H,5-7,10-11,13H2,1-4H3,(H,24,27). The number of urea groups is 1. The molecular formula is C20H30N6O. The Hall–Kier alpha value is -2.36. The fourth-order valence-corrected chi connectivity index (χ4v) is 4.50. The van der Waals surface area contributed by atoms with Gasteiger partial charge in [0.05, 0.1) is 0 Å². The second-order valence-corrected chi connectivity index (χ2v) is 8.79. The number of hydrogen-bond acceptors (Lipinski definition) is 5. The Labute approximate surface area is 161 Å². The molecule has 7 heteroatoms. The first kappa shape index (κ1) is 19.4. The minimum Gasteiger partial charge on any atom is -0.350 e. The summed E-state index contributed by atoms with van der Waals surface area (Å²) in [5.41, 5.74) is 0.542. The first-order chi connectivity index (χ1) is 12.8. The number of piperazine rings is 1. The molecule has 1 saturated carbocycles. The van der Waals surface area contributed by atoms with Gasteiger partial charge in [-0.15, -0.1) is 0 Å². The molecule has 1 aromatic rings. The highest BCUT2D eigenvalue weighted by Crippen LogP contribution is 2.39. The normalized spacial score (nSPS) is 26.0. The summed E-state index contributed by atoms with van der Waals surface area (Å²) < 4.78 is 0. The summed E-state index contributed by atoms with van der Waals surface area (Å²) in [4.78, 5) is 25.3. The molecule has 1 N–H and O–H groups in total. The second kappa shape index (κ2) is 7.71. The zero-order valence-corrected chi connectivity index (χ0v) is 16.8. The van der Waals surface area contributed by atoms with Gasteiger partial charge < -0.3 is 15.1 Å². The number of carbonyl (C=O) groups is 1. The van der Waals surface area contributed by atoms with Crippen LogP contribution in [-0.4, -0.2) is 52.6 Å². The molecule has 1 aliphatic heterocycles. The Bertz CT molecular complexity index is 722. The molecule has 1 aliphatic carbocycles. The quantitative estimate of drug-likeness (QED) is 0.865. The number of nitriles is 1. The van der Waals surface area contributed by atoms with Crippen LogP contribution in [0.5, 0.6) is 0 Å². The van der Waals surface area contributed by atoms with E-state index in [1.165, 1.54) is 19.0 Å². The van der Waals surface area contributed by atoms with Gasteiger partial charge in [-0.2, -0.15) is 5.26 Å². The maximum atomic E-state index is 12.9. The van der Waals surface area contributed by atoms with Crippen LogP contribution in [0.15, 0.2) is 12.4 Å². The zero-order chi connectivity index (χ0) is 19.6. The average Bonchev–Trinajstić information content (AvgIpc) is 3.10. The van der Waals surface area contributed by atoms with E-state index in [1.54, 1.807) is 6.20 Å². The monoisotopic (exact) mass is 370 g/mol. The number of carbonyl (C=O) groups excluding carboxylic acids is 1. The number of nitrogens with zero attached hydrogens (tertiary/aromatic N) is 5. The fraction of sp³-hybridized carbons (Fsp3) is 0.700. The molecule has 3 rings (SSSR count). The molecule has 1 saturated heterocycles. The third-order valence-electron chi connectivity index (χ3n) is 5.91. The van der Waals surface area contributed by atoms with E-state index in [4.69, 9.17) is 0 Å². The van der Waals surface area contributed by atoms with Gasteiger partial charge in [0.2, 0.25) is 0 Å². The maximum Gasteiger partial charge on any atom is 0.317 e. The number of rotatable bonds is 2. The van der Waals surface area contributed by atoms with Gasteiger partial charge in [0.1, 0.15) is 6.07 Å². The van der Waals surface area contributed by atoms with E-state index in [0.29, 0.717) is 37.1 Å². The van der Waals surface area contributed by atoms with Crippen LogP contribution in [0, 0.1) is 22.7 Å². The summed E-state index contributed by atoms with van der Waals surface area (Å²) in [6, 6.07) is 2.43. The smallest absolute Gasteiger partial charge is 0.317 e. The third kappa shape index (κ3) is 4.15. The van der Waals surface area contributed by atoms with E-state index in [0.717, 1.165) is 6.42 Å². The molecule has 0 bridgehead atoms. The number of nitrogens with one attached hydrogen (secondary N) is 1. The molecule has 0 aromatic carbocycles. The second-order valence-electron chi connectivity index (χ2n) is 8.79. The van der Waals surface area contributed by atoms with Crippen molar-refractivity contribution in [2.24, 2.45) is 11.3 Å². The number of hydrogen-bond donors (Lipinski definition) is 1. The topological polar surface area (TPSA) is 85.2 Å². The molecule has 2 heterocycles. The largest absolute Gasteiger partial charge is 0.350 e. The Morgan fingerprint density at radius 1 is 1.26 bits per heavy atom. The molecule has 3 unspecified atom stereocenters. The van der Waals surface area contributed by atoms with Crippen LogP contribution in [0.4, 0.5) is 10.6 Å². The Morgan fingerprint density at radius 2 is 2.00 bits per heavy atom. The molecule has 2 aliphatic rings. The summed E-state index contributed by atoms with van der Waals surface area (Å²) in [5.74, 6) is 1.13. The van der Waals surface area contributed by atoms with Crippen molar-refractivity contribution in [3.8, 4) is 6.07 Å². The maximum absolute atomic E-state index is 12.9. The number of amides is 2. The van der Waals surface area contributed by atoms with Crippen molar-refractivity contribution in [1.29, 1.82) is 5.26 Å². The lowest BCUT2D eigenvalue weighted by Crippen LogP contribution is -2.58. The molecule has 2 fully saturated rings. The molecule has 2 amide bonds. The van der Waals surface area contributed by atoms with E-state index < -0.39 is 0 Å². The van der Waals surface area contributed by atoms with Crippen LogP contribution < -0.4 is 10.2 Å². The SMILES string of the molecule is CC1CN(c2nccnc2C#N)CCN1C(=O)NC1CCCC1C(C)(C)C. The third-order valence-corrected chi connectivity index (χ3v) is 5.91. The van der Waals surface area contributed by atoms with Crippen LogP contribution in [0.3, 0.4) is 0 Å². The van der Waals surface area contributed by atoms with E-state index in [1.807, 2.05) is 16.7 Å². The lowest BCUT2D eigenvalue weighted by atomic mass is 9.77. The average molecular weight is 371 g/mol. The van der Waals surface area contributed by atoms with Crippen molar-refractivity contribution >= 4 is 11.8 Å². The van der Waals surface area contributed by atoms with Gasteiger partial charge in [-0.1, -0.05) is 27.2 Å². The van der Waals surface area contributed by atoms with Gasteiger partial charge in [-0.05, 0) is 31.1 Å². The number of aromatic nitrogens is 2. The Kier molecular flexibility index (Phi) is 5.54. The lowest BCUT2D eigenvalue weighted by Gasteiger charge is -2.41. The first-order valence-corrected chi connectivity index (χ1v) is 9.84. The highest BCUT2D eigenvalue weighted by atomic mass is 16.2. The highest BCUT2D eigenvalue weighted by molar-refractivity contribution is 5.75. The van der Waals surface area contributed by atoms with Gasteiger partial charge in [0.25, 0.3) is 0 Å². The summed E-state index contributed by atoms with van der Waals surface area (Å²) in [6.45, 7) is 10.7. The van der Waals surface area contributed by atoms with E-state index in [-0.39, 0.29) is 23.5 Å². The molecular weight excluding hydrogens is 340 g/mol. The number of anilines is 1. The molecule has 0 radical (unpaired) electrons. The van der Waals surface area contributed by atoms with Crippen molar-refractivity contribution in [3.63, 3.8) is 0 Å². The van der Waals surface area contributed by atoms with Crippen LogP contribution in [-0.2, 0) is 0 Å². The lowest BCUT2D eigenvalue weighted by molar-refractivity contribution is 0.153. The summed E-state index contributed by atoms with van der Waals surface area (Å²) in [6.07, 6.45) is 6.56. The van der Waals surface area contributed by atoms with Crippen LogP contribution in [0.25, 0.3) is 0 Å². The minimum absolute atomic E-state index is 0.0305. The molecule has 7 nitrogen and oxygen atoms in total. The molecule has 1 aromatic heterocycles. The molecule has 0 spiro atoms. The Balaban J connectivity index is 1.63. The fourth-order valence-electron chi connectivity index (χ4n) is 4.50. The van der Waals surface area contributed by atoms with Crippen molar-refractivity contribution in [1.82, 2.24) is 20.2 Å². The van der Waals surface area contributed by atoms with E-state index in [2.05, 4.69) is 42.1 Å². The molecule has 146 valence electrons. The highest BCUT2D eigenvalue weighted by Gasteiger charge is 2.38. The summed E-state index contributed by atoms with van der Waals surface area (Å²) >= 11 is 0. The van der Waals surface area contributed by atoms with Crippen molar-refractivity contribution < 1.29 is 4.79 Å². The Morgan fingerprint density at radius 3 is 2.67 bits per heavy atom. The van der Waals surface area contributed by atoms with Crippen molar-refractivity contribution in [2.75, 3.05) is 24.5 Å². The predicted octanol–water partition coefficient (Wildman–Crippen LogP) is 2.78. The van der Waals surface area contributed by atoms with Gasteiger partial charge in [0, 0.05) is 44.1 Å².